The second kappa shape index (κ2) is 13.0. The maximum atomic E-state index is 12.6. The van der Waals surface area contributed by atoms with Gasteiger partial charge in [0.15, 0.2) is 0 Å². The summed E-state index contributed by atoms with van der Waals surface area (Å²) in [6.07, 6.45) is 1.54. The normalized spacial score (nSPS) is 15.0. The average Bonchev–Trinajstić information content (AvgIpc) is 2.62. The summed E-state index contributed by atoms with van der Waals surface area (Å²) in [4.78, 5) is 59.4. The van der Waals surface area contributed by atoms with Crippen molar-refractivity contribution in [3.05, 3.63) is 0 Å². The molecule has 166 valence electrons. The van der Waals surface area contributed by atoms with Gasteiger partial charge in [-0.05, 0) is 31.3 Å². The number of rotatable bonds is 13. The maximum Gasteiger partial charge on any atom is 0.325 e. The number of nitrogens with one attached hydrogen (secondary N) is 3. The maximum absolute atomic E-state index is 12.6. The van der Waals surface area contributed by atoms with Crippen LogP contribution in [0.15, 0.2) is 0 Å². The van der Waals surface area contributed by atoms with Gasteiger partial charge in [-0.25, -0.2) is 0 Å². The van der Waals surface area contributed by atoms with Crippen molar-refractivity contribution < 1.29 is 29.1 Å². The fourth-order valence-electron chi connectivity index (χ4n) is 2.13. The molecule has 29 heavy (non-hydrogen) atoms. The molecule has 12 heteroatoms. The minimum absolute atomic E-state index is 0.204. The van der Waals surface area contributed by atoms with E-state index in [0.29, 0.717) is 5.75 Å². The monoisotopic (exact) mass is 433 g/mol. The van der Waals surface area contributed by atoms with Crippen molar-refractivity contribution >= 4 is 41.4 Å². The lowest BCUT2D eigenvalue weighted by atomic mass is 10.0. The van der Waals surface area contributed by atoms with E-state index in [1.54, 1.807) is 20.1 Å². The third-order valence-corrected chi connectivity index (χ3v) is 4.68. The first-order valence-corrected chi connectivity index (χ1v) is 10.5. The molecule has 0 spiro atoms. The van der Waals surface area contributed by atoms with Crippen molar-refractivity contribution in [1.82, 2.24) is 16.0 Å². The first-order chi connectivity index (χ1) is 13.4. The molecule has 0 fully saturated rings. The van der Waals surface area contributed by atoms with E-state index in [2.05, 4.69) is 16.0 Å². The van der Waals surface area contributed by atoms with Crippen molar-refractivity contribution in [2.45, 2.75) is 57.8 Å². The fraction of sp³-hybridized carbons (Fsp3) is 0.706. The smallest absolute Gasteiger partial charge is 0.325 e. The second-order valence-corrected chi connectivity index (χ2v) is 7.90. The van der Waals surface area contributed by atoms with Crippen LogP contribution in [0.3, 0.4) is 0 Å². The Morgan fingerprint density at radius 2 is 1.45 bits per heavy atom. The van der Waals surface area contributed by atoms with Crippen LogP contribution in [0.1, 0.15) is 33.6 Å². The van der Waals surface area contributed by atoms with Gasteiger partial charge in [-0.2, -0.15) is 11.8 Å². The molecule has 0 bridgehead atoms. The Morgan fingerprint density at radius 3 is 1.90 bits per heavy atom. The van der Waals surface area contributed by atoms with Gasteiger partial charge in [0, 0.05) is 0 Å². The molecule has 0 aliphatic heterocycles. The molecule has 0 saturated heterocycles. The van der Waals surface area contributed by atoms with E-state index in [0.717, 1.165) is 0 Å². The van der Waals surface area contributed by atoms with Gasteiger partial charge >= 0.3 is 5.97 Å². The number of hydrogen-bond acceptors (Lipinski definition) is 7. The molecule has 0 aromatic carbocycles. The average molecular weight is 434 g/mol. The topological polar surface area (TPSA) is 194 Å². The number of aliphatic carboxylic acids is 1. The van der Waals surface area contributed by atoms with Crippen LogP contribution in [-0.4, -0.2) is 70.9 Å². The molecular formula is C17H31N5O6S. The van der Waals surface area contributed by atoms with E-state index >= 15 is 0 Å². The third kappa shape index (κ3) is 10.1. The van der Waals surface area contributed by atoms with E-state index in [1.807, 2.05) is 0 Å². The van der Waals surface area contributed by atoms with Gasteiger partial charge in [0.2, 0.25) is 23.6 Å². The quantitative estimate of drug-likeness (QED) is 0.195. The summed E-state index contributed by atoms with van der Waals surface area (Å²) in [6.45, 7) is 4.73. The molecule has 0 rings (SSSR count). The van der Waals surface area contributed by atoms with Gasteiger partial charge in [0.05, 0.1) is 12.5 Å². The highest BCUT2D eigenvalue weighted by Gasteiger charge is 2.30. The molecule has 4 atom stereocenters. The van der Waals surface area contributed by atoms with E-state index in [4.69, 9.17) is 16.6 Å². The first-order valence-electron chi connectivity index (χ1n) is 9.07. The van der Waals surface area contributed by atoms with E-state index in [-0.39, 0.29) is 12.3 Å². The molecule has 0 saturated carbocycles. The molecule has 0 aliphatic rings. The van der Waals surface area contributed by atoms with Crippen LogP contribution in [-0.2, 0) is 24.0 Å². The van der Waals surface area contributed by atoms with Crippen LogP contribution in [0.4, 0.5) is 0 Å². The molecular weight excluding hydrogens is 402 g/mol. The minimum atomic E-state index is -1.31. The lowest BCUT2D eigenvalue weighted by molar-refractivity contribution is -0.142. The number of carbonyl (C=O) groups is 5. The number of nitrogens with two attached hydrogens (primary N) is 2. The standard InChI is InChI=1S/C17H31N5O6S/c1-8(2)13(19)16(26)22-11(7-12(18)23)15(25)21-10(5-6-29-4)14(24)20-9(3)17(27)28/h8-11,13H,5-7,19H2,1-4H3,(H2,18,23)(H,20,24)(H,21,25)(H,22,26)(H,27,28). The van der Waals surface area contributed by atoms with Crippen LogP contribution < -0.4 is 27.4 Å². The number of carboxylic acid groups (broad SMARTS) is 1. The number of thioether (sulfide) groups is 1. The molecule has 4 unspecified atom stereocenters. The van der Waals surface area contributed by atoms with Gasteiger partial charge in [-0.1, -0.05) is 13.8 Å². The predicted molar refractivity (Wildman–Crippen MR) is 109 cm³/mol. The van der Waals surface area contributed by atoms with Crippen molar-refractivity contribution in [3.63, 3.8) is 0 Å². The van der Waals surface area contributed by atoms with E-state index in [1.165, 1.54) is 18.7 Å². The van der Waals surface area contributed by atoms with Gasteiger partial charge in [0.25, 0.3) is 0 Å². The summed E-state index contributed by atoms with van der Waals surface area (Å²) in [6, 6.07) is -4.42. The van der Waals surface area contributed by atoms with Crippen LogP contribution in [0, 0.1) is 5.92 Å². The number of carbonyl (C=O) groups excluding carboxylic acids is 4. The van der Waals surface area contributed by atoms with Crippen molar-refractivity contribution in [3.8, 4) is 0 Å². The van der Waals surface area contributed by atoms with Gasteiger partial charge in [-0.3, -0.25) is 24.0 Å². The number of primary amides is 1. The summed E-state index contributed by atoms with van der Waals surface area (Å²) in [5.74, 6) is -3.87. The largest absolute Gasteiger partial charge is 0.480 e. The van der Waals surface area contributed by atoms with Crippen LogP contribution in [0.25, 0.3) is 0 Å². The number of amides is 4. The van der Waals surface area contributed by atoms with Gasteiger partial charge < -0.3 is 32.5 Å². The van der Waals surface area contributed by atoms with Gasteiger partial charge in [-0.15, -0.1) is 0 Å². The van der Waals surface area contributed by atoms with Crippen molar-refractivity contribution in [2.75, 3.05) is 12.0 Å². The molecule has 0 radical (unpaired) electrons. The van der Waals surface area contributed by atoms with E-state index in [9.17, 15) is 24.0 Å². The minimum Gasteiger partial charge on any atom is -0.480 e. The highest BCUT2D eigenvalue weighted by atomic mass is 32.2. The lowest BCUT2D eigenvalue weighted by Gasteiger charge is -2.24. The first kappa shape index (κ1) is 26.7. The molecule has 0 aromatic heterocycles. The predicted octanol–water partition coefficient (Wildman–Crippen LogP) is -1.84. The SMILES string of the molecule is CSCCC(NC(=O)C(CC(N)=O)NC(=O)C(N)C(C)C)C(=O)NC(C)C(=O)O. The molecule has 4 amide bonds. The summed E-state index contributed by atoms with van der Waals surface area (Å²) in [5.41, 5.74) is 10.9. The van der Waals surface area contributed by atoms with Gasteiger partial charge in [0.1, 0.15) is 18.1 Å². The Kier molecular flexibility index (Phi) is 11.9. The van der Waals surface area contributed by atoms with Crippen LogP contribution in [0.5, 0.6) is 0 Å². The molecule has 0 heterocycles. The molecule has 0 aliphatic carbocycles. The Hall–Kier alpha value is -2.34. The Balaban J connectivity index is 5.33. The third-order valence-electron chi connectivity index (χ3n) is 4.03. The van der Waals surface area contributed by atoms with Crippen LogP contribution in [0.2, 0.25) is 0 Å². The summed E-state index contributed by atoms with van der Waals surface area (Å²) < 4.78 is 0. The fourth-order valence-corrected chi connectivity index (χ4v) is 2.61. The Labute approximate surface area is 174 Å². The molecule has 0 aromatic rings. The number of carboxylic acids is 1. The lowest BCUT2D eigenvalue weighted by Crippen LogP contribution is -2.58. The van der Waals surface area contributed by atoms with Crippen molar-refractivity contribution in [2.24, 2.45) is 17.4 Å². The van der Waals surface area contributed by atoms with E-state index < -0.39 is 60.2 Å². The highest BCUT2D eigenvalue weighted by molar-refractivity contribution is 7.98. The Morgan fingerprint density at radius 1 is 0.931 bits per heavy atom. The van der Waals surface area contributed by atoms with Crippen LogP contribution >= 0.6 is 11.8 Å². The zero-order valence-corrected chi connectivity index (χ0v) is 17.9. The second-order valence-electron chi connectivity index (χ2n) is 6.91. The zero-order valence-electron chi connectivity index (χ0n) is 17.1. The molecule has 11 nitrogen and oxygen atoms in total. The number of hydrogen-bond donors (Lipinski definition) is 6. The van der Waals surface area contributed by atoms with Crippen molar-refractivity contribution in [1.29, 1.82) is 0 Å². The summed E-state index contributed by atoms with van der Waals surface area (Å²) >= 11 is 1.43. The summed E-state index contributed by atoms with van der Waals surface area (Å²) in [7, 11) is 0. The highest BCUT2D eigenvalue weighted by Crippen LogP contribution is 2.05. The summed E-state index contributed by atoms with van der Waals surface area (Å²) in [5, 5.41) is 16.1. The Bertz CT molecular complexity index is 615. The molecule has 8 N–H and O–H groups in total. The zero-order chi connectivity index (χ0) is 22.7.